The van der Waals surface area contributed by atoms with E-state index in [-0.39, 0.29) is 5.60 Å². The number of hydrogen-bond acceptors (Lipinski definition) is 2. The quantitative estimate of drug-likeness (QED) is 0.751. The van der Waals surface area contributed by atoms with Crippen molar-refractivity contribution in [3.05, 3.63) is 0 Å². The molecule has 0 radical (unpaired) electrons. The van der Waals surface area contributed by atoms with Crippen molar-refractivity contribution in [1.82, 2.24) is 5.32 Å². The van der Waals surface area contributed by atoms with Crippen molar-refractivity contribution in [2.75, 3.05) is 6.54 Å². The summed E-state index contributed by atoms with van der Waals surface area (Å²) in [4.78, 5) is 0. The summed E-state index contributed by atoms with van der Waals surface area (Å²) in [7, 11) is 0. The molecule has 1 N–H and O–H groups in total. The Kier molecular flexibility index (Phi) is 5.26. The highest BCUT2D eigenvalue weighted by Crippen LogP contribution is 2.33. The zero-order valence-corrected chi connectivity index (χ0v) is 11.7. The molecule has 1 saturated heterocycles. The maximum atomic E-state index is 6.04. The molecule has 0 saturated carbocycles. The Hall–Kier alpha value is -0.0800. The topological polar surface area (TPSA) is 21.3 Å². The average Bonchev–Trinajstić information content (AvgIpc) is 2.45. The largest absolute Gasteiger partial charge is 0.372 e. The first-order chi connectivity index (χ1) is 7.43. The minimum Gasteiger partial charge on any atom is -0.372 e. The van der Waals surface area contributed by atoms with E-state index in [4.69, 9.17) is 4.74 Å². The Labute approximate surface area is 101 Å². The first kappa shape index (κ1) is 14.0. The van der Waals surface area contributed by atoms with Crippen LogP contribution in [0.25, 0.3) is 0 Å². The Morgan fingerprint density at radius 1 is 1.38 bits per heavy atom. The van der Waals surface area contributed by atoms with Gasteiger partial charge in [-0.15, -0.1) is 0 Å². The molecule has 1 aliphatic rings. The van der Waals surface area contributed by atoms with E-state index in [1.54, 1.807) is 0 Å². The van der Waals surface area contributed by atoms with Gasteiger partial charge < -0.3 is 10.1 Å². The highest BCUT2D eigenvalue weighted by molar-refractivity contribution is 4.82. The van der Waals surface area contributed by atoms with E-state index in [1.165, 1.54) is 25.7 Å². The molecular weight excluding hydrogens is 198 g/mol. The van der Waals surface area contributed by atoms with Crippen LogP contribution in [-0.2, 0) is 4.74 Å². The van der Waals surface area contributed by atoms with Gasteiger partial charge in [0.05, 0.1) is 11.7 Å². The molecule has 2 nitrogen and oxygen atoms in total. The van der Waals surface area contributed by atoms with Crippen molar-refractivity contribution < 1.29 is 4.74 Å². The van der Waals surface area contributed by atoms with Crippen LogP contribution in [0.2, 0.25) is 0 Å². The predicted octanol–water partition coefficient (Wildman–Crippen LogP) is 3.36. The molecule has 0 amide bonds. The maximum absolute atomic E-state index is 6.04. The summed E-state index contributed by atoms with van der Waals surface area (Å²) in [6, 6.07) is 0.634. The van der Waals surface area contributed by atoms with Gasteiger partial charge in [-0.1, -0.05) is 13.8 Å². The minimum atomic E-state index is 0.123. The first-order valence-corrected chi connectivity index (χ1v) is 6.84. The van der Waals surface area contributed by atoms with Gasteiger partial charge in [0.2, 0.25) is 0 Å². The highest BCUT2D eigenvalue weighted by Gasteiger charge is 2.32. The zero-order valence-electron chi connectivity index (χ0n) is 11.7. The Balaban J connectivity index is 2.22. The van der Waals surface area contributed by atoms with Gasteiger partial charge in [-0.25, -0.2) is 0 Å². The first-order valence-electron chi connectivity index (χ1n) is 6.84. The molecule has 1 aliphatic heterocycles. The van der Waals surface area contributed by atoms with Crippen molar-refractivity contribution in [2.24, 2.45) is 5.92 Å². The zero-order chi connectivity index (χ0) is 12.2. The second-order valence-corrected chi connectivity index (χ2v) is 6.07. The lowest BCUT2D eigenvalue weighted by Crippen LogP contribution is -2.28. The lowest BCUT2D eigenvalue weighted by molar-refractivity contribution is -0.0243. The van der Waals surface area contributed by atoms with Gasteiger partial charge in [0, 0.05) is 6.04 Å². The summed E-state index contributed by atoms with van der Waals surface area (Å²) in [5, 5.41) is 3.48. The fourth-order valence-corrected chi connectivity index (χ4v) is 2.82. The van der Waals surface area contributed by atoms with Crippen LogP contribution in [0.5, 0.6) is 0 Å². The van der Waals surface area contributed by atoms with E-state index in [1.807, 2.05) is 0 Å². The van der Waals surface area contributed by atoms with Gasteiger partial charge in [0.1, 0.15) is 0 Å². The minimum absolute atomic E-state index is 0.123. The molecule has 1 rings (SSSR count). The third-order valence-electron chi connectivity index (χ3n) is 3.53. The van der Waals surface area contributed by atoms with Gasteiger partial charge in [0.15, 0.2) is 0 Å². The average molecular weight is 227 g/mol. The molecule has 0 aromatic rings. The van der Waals surface area contributed by atoms with Crippen LogP contribution in [0.1, 0.15) is 60.3 Å². The van der Waals surface area contributed by atoms with E-state index in [9.17, 15) is 0 Å². The van der Waals surface area contributed by atoms with Crippen LogP contribution in [0.15, 0.2) is 0 Å². The van der Waals surface area contributed by atoms with E-state index in [2.05, 4.69) is 39.9 Å². The number of ether oxygens (including phenoxy) is 1. The Morgan fingerprint density at radius 3 is 2.56 bits per heavy atom. The summed E-state index contributed by atoms with van der Waals surface area (Å²) in [6.07, 6.45) is 5.44. The molecule has 0 aliphatic carbocycles. The smallest absolute Gasteiger partial charge is 0.0631 e. The molecule has 96 valence electrons. The molecule has 0 aromatic carbocycles. The van der Waals surface area contributed by atoms with Crippen molar-refractivity contribution >= 4 is 0 Å². The lowest BCUT2D eigenvalue weighted by atomic mass is 9.95. The third kappa shape index (κ3) is 4.84. The number of rotatable bonds is 6. The summed E-state index contributed by atoms with van der Waals surface area (Å²) >= 11 is 0. The van der Waals surface area contributed by atoms with Gasteiger partial charge in [-0.05, 0) is 58.9 Å². The molecule has 2 heteroatoms. The van der Waals surface area contributed by atoms with Crippen LogP contribution in [0.4, 0.5) is 0 Å². The van der Waals surface area contributed by atoms with Gasteiger partial charge in [-0.3, -0.25) is 0 Å². The summed E-state index contributed by atoms with van der Waals surface area (Å²) in [5.74, 6) is 0.757. The van der Waals surface area contributed by atoms with E-state index in [0.717, 1.165) is 12.5 Å². The summed E-state index contributed by atoms with van der Waals surface area (Å²) in [6.45, 7) is 12.3. The monoisotopic (exact) mass is 227 g/mol. The van der Waals surface area contributed by atoms with Crippen LogP contribution in [0.3, 0.4) is 0 Å². The maximum Gasteiger partial charge on any atom is 0.0631 e. The molecule has 0 aromatic heterocycles. The molecule has 3 atom stereocenters. The van der Waals surface area contributed by atoms with Gasteiger partial charge in [0.25, 0.3) is 0 Å². The number of hydrogen-bond donors (Lipinski definition) is 1. The molecule has 3 unspecified atom stereocenters. The van der Waals surface area contributed by atoms with Crippen molar-refractivity contribution in [2.45, 2.75) is 78.0 Å². The Morgan fingerprint density at radius 2 is 2.06 bits per heavy atom. The second kappa shape index (κ2) is 6.02. The van der Waals surface area contributed by atoms with Gasteiger partial charge >= 0.3 is 0 Å². The molecule has 1 fully saturated rings. The van der Waals surface area contributed by atoms with Crippen molar-refractivity contribution in [3.63, 3.8) is 0 Å². The van der Waals surface area contributed by atoms with Crippen LogP contribution in [0, 0.1) is 5.92 Å². The molecule has 0 spiro atoms. The van der Waals surface area contributed by atoms with E-state index < -0.39 is 0 Å². The van der Waals surface area contributed by atoms with Crippen LogP contribution >= 0.6 is 0 Å². The fraction of sp³-hybridized carbons (Fsp3) is 1.00. The molecule has 1 heterocycles. The predicted molar refractivity (Wildman–Crippen MR) is 69.7 cm³/mol. The number of nitrogens with one attached hydrogen (secondary N) is 1. The SMILES string of the molecule is CCNC(C)CC(C)CC1CCC(C)(C)O1. The fourth-order valence-electron chi connectivity index (χ4n) is 2.82. The second-order valence-electron chi connectivity index (χ2n) is 6.07. The van der Waals surface area contributed by atoms with E-state index >= 15 is 0 Å². The summed E-state index contributed by atoms with van der Waals surface area (Å²) in [5.41, 5.74) is 0.123. The molecule has 0 bridgehead atoms. The van der Waals surface area contributed by atoms with Crippen LogP contribution in [-0.4, -0.2) is 24.3 Å². The molecular formula is C14H29NO. The lowest BCUT2D eigenvalue weighted by Gasteiger charge is -2.23. The standard InChI is InChI=1S/C14H29NO/c1-6-15-12(3)9-11(2)10-13-7-8-14(4,5)16-13/h11-13,15H,6-10H2,1-5H3. The Bertz CT molecular complexity index is 203. The normalized spacial score (nSPS) is 27.9. The third-order valence-corrected chi connectivity index (χ3v) is 3.53. The van der Waals surface area contributed by atoms with Gasteiger partial charge in [-0.2, -0.15) is 0 Å². The van der Waals surface area contributed by atoms with Crippen molar-refractivity contribution in [3.8, 4) is 0 Å². The van der Waals surface area contributed by atoms with Crippen molar-refractivity contribution in [1.29, 1.82) is 0 Å². The van der Waals surface area contributed by atoms with E-state index in [0.29, 0.717) is 12.1 Å². The van der Waals surface area contributed by atoms with Crippen LogP contribution < -0.4 is 5.32 Å². The molecule has 16 heavy (non-hydrogen) atoms. The summed E-state index contributed by atoms with van der Waals surface area (Å²) < 4.78 is 6.04. The highest BCUT2D eigenvalue weighted by atomic mass is 16.5.